The number of carbonyl (C=O) groups excluding carboxylic acids is 1. The van der Waals surface area contributed by atoms with Crippen molar-refractivity contribution in [3.63, 3.8) is 0 Å². The van der Waals surface area contributed by atoms with Gasteiger partial charge in [0.05, 0.1) is 30.9 Å². The number of imidazole rings is 1. The zero-order valence-electron chi connectivity index (χ0n) is 18.9. The summed E-state index contributed by atoms with van der Waals surface area (Å²) in [6.45, 7) is 5.74. The number of nitrogens with zero attached hydrogens (tertiary/aromatic N) is 3. The Balaban J connectivity index is 1.76. The number of fused-ring (bicyclic) bond motifs is 1. The zero-order valence-corrected chi connectivity index (χ0v) is 18.9. The molecular weight excluding hydrogens is 404 g/mol. The Morgan fingerprint density at radius 2 is 1.66 bits per heavy atom. The SMILES string of the molecule is COc1cc(OC)cc(N2C(N3CCCC3)=C(c3nc4ccccc4[nH]3)C(=O)C2(C)C)c1. The topological polar surface area (TPSA) is 70.7 Å². The third-order valence-electron chi connectivity index (χ3n) is 6.40. The maximum atomic E-state index is 13.9. The predicted molar refractivity (Wildman–Crippen MR) is 125 cm³/mol. The van der Waals surface area contributed by atoms with Crippen molar-refractivity contribution in [2.24, 2.45) is 0 Å². The summed E-state index contributed by atoms with van der Waals surface area (Å²) in [4.78, 5) is 26.5. The molecule has 0 atom stereocenters. The second-order valence-electron chi connectivity index (χ2n) is 8.79. The van der Waals surface area contributed by atoms with E-state index in [0.717, 1.165) is 48.5 Å². The Bertz CT molecular complexity index is 1170. The third-order valence-corrected chi connectivity index (χ3v) is 6.40. The lowest BCUT2D eigenvalue weighted by molar-refractivity contribution is -0.116. The van der Waals surface area contributed by atoms with Gasteiger partial charge in [0, 0.05) is 31.3 Å². The summed E-state index contributed by atoms with van der Waals surface area (Å²) in [6, 6.07) is 13.6. The van der Waals surface area contributed by atoms with Crippen LogP contribution in [-0.4, -0.2) is 53.5 Å². The van der Waals surface area contributed by atoms with Crippen molar-refractivity contribution in [1.29, 1.82) is 0 Å². The van der Waals surface area contributed by atoms with Crippen LogP contribution in [0, 0.1) is 0 Å². The molecule has 0 aliphatic carbocycles. The number of ether oxygens (including phenoxy) is 2. The standard InChI is InChI=1S/C25H28N4O3/c1-25(2)22(30)21(23-26-19-9-5-6-10-20(19)27-23)24(28-11-7-8-12-28)29(25)16-13-17(31-3)15-18(14-16)32-4/h5-6,9-10,13-15H,7-8,11-12H2,1-4H3,(H,26,27). The van der Waals surface area contributed by atoms with Crippen LogP contribution in [0.5, 0.6) is 11.5 Å². The second kappa shape index (κ2) is 7.58. The van der Waals surface area contributed by atoms with Crippen molar-refractivity contribution in [3.8, 4) is 11.5 Å². The number of carbonyl (C=O) groups is 1. The minimum Gasteiger partial charge on any atom is -0.497 e. The predicted octanol–water partition coefficient (Wildman–Crippen LogP) is 4.21. The van der Waals surface area contributed by atoms with Crippen LogP contribution in [0.15, 0.2) is 48.3 Å². The number of Topliss-reactive ketones (excluding diaryl/α,β-unsaturated/α-hetero) is 1. The molecule has 166 valence electrons. The van der Waals surface area contributed by atoms with E-state index in [2.05, 4.69) is 14.8 Å². The van der Waals surface area contributed by atoms with Crippen LogP contribution in [0.25, 0.3) is 16.6 Å². The Hall–Kier alpha value is -3.48. The van der Waals surface area contributed by atoms with Gasteiger partial charge in [0.1, 0.15) is 34.3 Å². The van der Waals surface area contributed by atoms with E-state index in [4.69, 9.17) is 14.5 Å². The number of H-pyrrole nitrogens is 1. The fourth-order valence-electron chi connectivity index (χ4n) is 4.77. The van der Waals surface area contributed by atoms with Crippen LogP contribution in [0.4, 0.5) is 5.69 Å². The van der Waals surface area contributed by atoms with Gasteiger partial charge in [-0.1, -0.05) is 12.1 Å². The summed E-state index contributed by atoms with van der Waals surface area (Å²) in [7, 11) is 3.27. The monoisotopic (exact) mass is 432 g/mol. The number of methoxy groups -OCH3 is 2. The molecule has 3 aromatic rings. The number of nitrogens with one attached hydrogen (secondary N) is 1. The second-order valence-corrected chi connectivity index (χ2v) is 8.79. The molecule has 0 bridgehead atoms. The van der Waals surface area contributed by atoms with E-state index >= 15 is 0 Å². The number of para-hydroxylation sites is 2. The Kier molecular flexibility index (Phi) is 4.84. The zero-order chi connectivity index (χ0) is 22.5. The molecule has 3 heterocycles. The minimum atomic E-state index is -0.802. The number of benzene rings is 2. The van der Waals surface area contributed by atoms with Crippen LogP contribution < -0.4 is 14.4 Å². The average Bonchev–Trinajstić information content (AvgIpc) is 3.51. The molecule has 1 saturated heterocycles. The Morgan fingerprint density at radius 3 is 2.28 bits per heavy atom. The first-order valence-electron chi connectivity index (χ1n) is 11.0. The van der Waals surface area contributed by atoms with Crippen molar-refractivity contribution >= 4 is 28.1 Å². The molecule has 32 heavy (non-hydrogen) atoms. The summed E-state index contributed by atoms with van der Waals surface area (Å²) in [5.41, 5.74) is 2.46. The van der Waals surface area contributed by atoms with Gasteiger partial charge in [0.25, 0.3) is 0 Å². The summed E-state index contributed by atoms with van der Waals surface area (Å²) in [5, 5.41) is 0. The van der Waals surface area contributed by atoms with Crippen LogP contribution in [0.1, 0.15) is 32.5 Å². The highest BCUT2D eigenvalue weighted by Crippen LogP contribution is 2.45. The summed E-state index contributed by atoms with van der Waals surface area (Å²) in [5.74, 6) is 2.91. The van der Waals surface area contributed by atoms with Gasteiger partial charge in [-0.05, 0) is 38.8 Å². The summed E-state index contributed by atoms with van der Waals surface area (Å²) >= 11 is 0. The molecular formula is C25H28N4O3. The van der Waals surface area contributed by atoms with Crippen LogP contribution in [-0.2, 0) is 4.79 Å². The van der Waals surface area contributed by atoms with E-state index in [1.807, 2.05) is 56.3 Å². The van der Waals surface area contributed by atoms with Gasteiger partial charge in [-0.15, -0.1) is 0 Å². The van der Waals surface area contributed by atoms with E-state index in [-0.39, 0.29) is 5.78 Å². The molecule has 1 aromatic heterocycles. The number of hydrogen-bond donors (Lipinski definition) is 1. The van der Waals surface area contributed by atoms with Gasteiger partial charge in [-0.3, -0.25) is 4.79 Å². The molecule has 7 nitrogen and oxygen atoms in total. The fourth-order valence-corrected chi connectivity index (χ4v) is 4.77. The molecule has 0 radical (unpaired) electrons. The highest BCUT2D eigenvalue weighted by atomic mass is 16.5. The van der Waals surface area contributed by atoms with E-state index < -0.39 is 5.54 Å². The van der Waals surface area contributed by atoms with Crippen molar-refractivity contribution in [3.05, 3.63) is 54.1 Å². The highest BCUT2D eigenvalue weighted by Gasteiger charge is 2.50. The number of ketones is 1. The van der Waals surface area contributed by atoms with E-state index in [9.17, 15) is 4.79 Å². The number of likely N-dealkylation sites (tertiary alicyclic amines) is 1. The molecule has 5 rings (SSSR count). The smallest absolute Gasteiger partial charge is 0.195 e. The van der Waals surface area contributed by atoms with Crippen molar-refractivity contribution in [2.45, 2.75) is 32.2 Å². The highest BCUT2D eigenvalue weighted by molar-refractivity contribution is 6.29. The van der Waals surface area contributed by atoms with Gasteiger partial charge >= 0.3 is 0 Å². The number of anilines is 1. The lowest BCUT2D eigenvalue weighted by atomic mass is 9.95. The van der Waals surface area contributed by atoms with Gasteiger partial charge < -0.3 is 24.3 Å². The molecule has 0 amide bonds. The lowest BCUT2D eigenvalue weighted by Gasteiger charge is -2.38. The van der Waals surface area contributed by atoms with Crippen molar-refractivity contribution in [1.82, 2.24) is 14.9 Å². The molecule has 7 heteroatoms. The quantitative estimate of drug-likeness (QED) is 0.651. The molecule has 1 N–H and O–H groups in total. The first-order valence-corrected chi connectivity index (χ1v) is 11.0. The molecule has 2 aromatic carbocycles. The van der Waals surface area contributed by atoms with Crippen LogP contribution >= 0.6 is 0 Å². The average molecular weight is 433 g/mol. The Labute approximate surface area is 187 Å². The first kappa shape index (κ1) is 20.4. The third kappa shape index (κ3) is 3.11. The molecule has 1 fully saturated rings. The molecule has 0 spiro atoms. The molecule has 2 aliphatic heterocycles. The summed E-state index contributed by atoms with van der Waals surface area (Å²) < 4.78 is 11.0. The molecule has 0 unspecified atom stereocenters. The van der Waals surface area contributed by atoms with Crippen LogP contribution in [0.2, 0.25) is 0 Å². The maximum Gasteiger partial charge on any atom is 0.195 e. The lowest BCUT2D eigenvalue weighted by Crippen LogP contribution is -2.47. The Morgan fingerprint density at radius 1 is 1.00 bits per heavy atom. The molecule has 2 aliphatic rings. The number of hydrogen-bond acceptors (Lipinski definition) is 6. The maximum absolute atomic E-state index is 13.9. The largest absolute Gasteiger partial charge is 0.497 e. The molecule has 0 saturated carbocycles. The van der Waals surface area contributed by atoms with E-state index in [0.29, 0.717) is 22.9 Å². The van der Waals surface area contributed by atoms with Gasteiger partial charge in [-0.2, -0.15) is 0 Å². The van der Waals surface area contributed by atoms with Crippen molar-refractivity contribution < 1.29 is 14.3 Å². The fraction of sp³-hybridized carbons (Fsp3) is 0.360. The van der Waals surface area contributed by atoms with E-state index in [1.54, 1.807) is 14.2 Å². The van der Waals surface area contributed by atoms with Gasteiger partial charge in [-0.25, -0.2) is 4.98 Å². The van der Waals surface area contributed by atoms with Gasteiger partial charge in [0.15, 0.2) is 5.78 Å². The number of aromatic nitrogens is 2. The minimum absolute atomic E-state index is 0.0419. The summed E-state index contributed by atoms with van der Waals surface area (Å²) in [6.07, 6.45) is 2.20. The van der Waals surface area contributed by atoms with E-state index in [1.165, 1.54) is 0 Å². The van der Waals surface area contributed by atoms with Crippen LogP contribution in [0.3, 0.4) is 0 Å². The van der Waals surface area contributed by atoms with Crippen molar-refractivity contribution in [2.75, 3.05) is 32.2 Å². The normalized spacial score (nSPS) is 18.2. The number of aromatic amines is 1. The first-order chi connectivity index (χ1) is 15.4. The van der Waals surface area contributed by atoms with Gasteiger partial charge in [0.2, 0.25) is 0 Å². The number of rotatable bonds is 5.